The standard InChI is InChI=1S/C11H16N2O6/c1-2-3-6-19-8(15)5-4-7(14)13-10(17)9(16)12-11(13)18/h4-5,9-10,16-17H,2-3,6H2,1H3,(H,12,18)/b5-4+. The Morgan fingerprint density at radius 2 is 2.11 bits per heavy atom. The van der Waals surface area contributed by atoms with Crippen molar-refractivity contribution in [2.75, 3.05) is 6.61 Å². The summed E-state index contributed by atoms with van der Waals surface area (Å²) in [5, 5.41) is 20.4. The number of urea groups is 1. The number of ether oxygens (including phenoxy) is 1. The molecule has 0 aliphatic carbocycles. The van der Waals surface area contributed by atoms with Gasteiger partial charge in [0.15, 0.2) is 12.5 Å². The lowest BCUT2D eigenvalue weighted by atomic mass is 10.3. The van der Waals surface area contributed by atoms with Crippen LogP contribution in [0, 0.1) is 0 Å². The topological polar surface area (TPSA) is 116 Å². The molecule has 0 aromatic rings. The molecule has 1 fully saturated rings. The van der Waals surface area contributed by atoms with E-state index in [4.69, 9.17) is 9.84 Å². The molecule has 0 aromatic heterocycles. The first-order chi connectivity index (χ1) is 8.97. The number of hydrogen-bond acceptors (Lipinski definition) is 6. The van der Waals surface area contributed by atoms with Crippen LogP contribution in [0.4, 0.5) is 4.79 Å². The summed E-state index contributed by atoms with van der Waals surface area (Å²) in [7, 11) is 0. The van der Waals surface area contributed by atoms with Crippen LogP contribution in [0.3, 0.4) is 0 Å². The number of aliphatic hydroxyl groups is 2. The number of nitrogens with one attached hydrogen (secondary N) is 1. The highest BCUT2D eigenvalue weighted by molar-refractivity contribution is 6.04. The fraction of sp³-hybridized carbons (Fsp3) is 0.545. The monoisotopic (exact) mass is 272 g/mol. The van der Waals surface area contributed by atoms with Crippen LogP contribution in [0.5, 0.6) is 0 Å². The first-order valence-electron chi connectivity index (χ1n) is 5.82. The highest BCUT2D eigenvalue weighted by Crippen LogP contribution is 2.10. The Balaban J connectivity index is 2.50. The van der Waals surface area contributed by atoms with Crippen LogP contribution in [0.1, 0.15) is 19.8 Å². The lowest BCUT2D eigenvalue weighted by Crippen LogP contribution is -2.40. The van der Waals surface area contributed by atoms with Gasteiger partial charge in [-0.05, 0) is 6.42 Å². The van der Waals surface area contributed by atoms with Crippen molar-refractivity contribution in [3.8, 4) is 0 Å². The van der Waals surface area contributed by atoms with Gasteiger partial charge in [0, 0.05) is 12.2 Å². The minimum absolute atomic E-state index is 0.249. The minimum Gasteiger partial charge on any atom is -0.463 e. The molecule has 1 aliphatic rings. The van der Waals surface area contributed by atoms with Crippen LogP contribution in [0.25, 0.3) is 0 Å². The summed E-state index contributed by atoms with van der Waals surface area (Å²) in [5.41, 5.74) is 0. The van der Waals surface area contributed by atoms with Crippen molar-refractivity contribution in [2.24, 2.45) is 0 Å². The van der Waals surface area contributed by atoms with Gasteiger partial charge in [-0.2, -0.15) is 0 Å². The number of carbonyl (C=O) groups is 3. The molecule has 0 radical (unpaired) electrons. The van der Waals surface area contributed by atoms with E-state index in [0.717, 1.165) is 18.6 Å². The molecule has 106 valence electrons. The summed E-state index contributed by atoms with van der Waals surface area (Å²) < 4.78 is 4.76. The maximum absolute atomic E-state index is 11.5. The molecule has 8 nitrogen and oxygen atoms in total. The summed E-state index contributed by atoms with van der Waals surface area (Å²) in [6.07, 6.45) is 0.0285. The van der Waals surface area contributed by atoms with E-state index in [1.165, 1.54) is 0 Å². The van der Waals surface area contributed by atoms with Gasteiger partial charge in [-0.25, -0.2) is 14.5 Å². The second-order valence-corrected chi connectivity index (χ2v) is 3.87. The molecule has 0 bridgehead atoms. The first kappa shape index (κ1) is 15.1. The summed E-state index contributed by atoms with van der Waals surface area (Å²) in [4.78, 5) is 34.3. The molecule has 0 saturated carbocycles. The molecule has 1 aliphatic heterocycles. The summed E-state index contributed by atoms with van der Waals surface area (Å²) >= 11 is 0. The Morgan fingerprint density at radius 1 is 1.42 bits per heavy atom. The van der Waals surface area contributed by atoms with Gasteiger partial charge >= 0.3 is 12.0 Å². The number of esters is 1. The number of nitrogens with zero attached hydrogens (tertiary/aromatic N) is 1. The van der Waals surface area contributed by atoms with Crippen LogP contribution in [-0.4, -0.2) is 52.1 Å². The van der Waals surface area contributed by atoms with Gasteiger partial charge in [0.1, 0.15) is 0 Å². The molecular weight excluding hydrogens is 256 g/mol. The van der Waals surface area contributed by atoms with Crippen LogP contribution in [0.15, 0.2) is 12.2 Å². The second-order valence-electron chi connectivity index (χ2n) is 3.87. The number of carbonyl (C=O) groups excluding carboxylic acids is 3. The molecule has 19 heavy (non-hydrogen) atoms. The van der Waals surface area contributed by atoms with Gasteiger partial charge in [-0.3, -0.25) is 4.79 Å². The van der Waals surface area contributed by atoms with E-state index >= 15 is 0 Å². The average molecular weight is 272 g/mol. The lowest BCUT2D eigenvalue weighted by molar-refractivity contribution is -0.139. The van der Waals surface area contributed by atoms with Crippen molar-refractivity contribution in [3.05, 3.63) is 12.2 Å². The van der Waals surface area contributed by atoms with Gasteiger partial charge in [0.05, 0.1) is 6.61 Å². The fourth-order valence-corrected chi connectivity index (χ4v) is 1.35. The SMILES string of the molecule is CCCCOC(=O)/C=C/C(=O)N1C(=O)NC(O)C1O. The van der Waals surface area contributed by atoms with Gasteiger partial charge in [0.2, 0.25) is 0 Å². The average Bonchev–Trinajstić information content (AvgIpc) is 2.61. The van der Waals surface area contributed by atoms with Crippen molar-refractivity contribution in [2.45, 2.75) is 32.2 Å². The molecule has 1 rings (SSSR count). The van der Waals surface area contributed by atoms with Crippen LogP contribution < -0.4 is 5.32 Å². The van der Waals surface area contributed by atoms with Gasteiger partial charge < -0.3 is 20.3 Å². The summed E-state index contributed by atoms with van der Waals surface area (Å²) in [6.45, 7) is 2.19. The maximum Gasteiger partial charge on any atom is 0.330 e. The molecule has 3 N–H and O–H groups in total. The van der Waals surface area contributed by atoms with E-state index in [2.05, 4.69) is 0 Å². The zero-order chi connectivity index (χ0) is 14.4. The van der Waals surface area contributed by atoms with E-state index in [-0.39, 0.29) is 6.61 Å². The molecule has 1 saturated heterocycles. The number of hydrogen-bond donors (Lipinski definition) is 3. The van der Waals surface area contributed by atoms with Gasteiger partial charge in [-0.1, -0.05) is 13.3 Å². The van der Waals surface area contributed by atoms with Crippen molar-refractivity contribution in [1.29, 1.82) is 0 Å². The summed E-state index contributed by atoms with van der Waals surface area (Å²) in [5.74, 6) is -1.63. The van der Waals surface area contributed by atoms with E-state index in [1.54, 1.807) is 0 Å². The molecule has 8 heteroatoms. The lowest BCUT2D eigenvalue weighted by Gasteiger charge is -2.15. The quantitative estimate of drug-likeness (QED) is 0.338. The Bertz CT molecular complexity index is 395. The predicted octanol–water partition coefficient (Wildman–Crippen LogP) is -0.926. The highest BCUT2D eigenvalue weighted by atomic mass is 16.5. The zero-order valence-electron chi connectivity index (χ0n) is 10.4. The van der Waals surface area contributed by atoms with Crippen LogP contribution >= 0.6 is 0 Å². The Labute approximate surface area is 109 Å². The third kappa shape index (κ3) is 4.04. The van der Waals surface area contributed by atoms with Crippen molar-refractivity contribution in [1.82, 2.24) is 10.2 Å². The number of unbranched alkanes of at least 4 members (excludes halogenated alkanes) is 1. The molecule has 1 heterocycles. The van der Waals surface area contributed by atoms with Gasteiger partial charge in [-0.15, -0.1) is 0 Å². The number of amides is 3. The fourth-order valence-electron chi connectivity index (χ4n) is 1.35. The van der Waals surface area contributed by atoms with Crippen molar-refractivity contribution >= 4 is 17.9 Å². The molecule has 3 amide bonds. The molecule has 2 atom stereocenters. The third-order valence-corrected chi connectivity index (χ3v) is 2.38. The van der Waals surface area contributed by atoms with E-state index in [1.807, 2.05) is 12.2 Å². The number of imide groups is 1. The molecular formula is C11H16N2O6. The molecule has 0 aromatic carbocycles. The van der Waals surface area contributed by atoms with Crippen molar-refractivity contribution < 1.29 is 29.3 Å². The second kappa shape index (κ2) is 6.86. The Morgan fingerprint density at radius 3 is 2.63 bits per heavy atom. The Hall–Kier alpha value is -1.93. The number of aliphatic hydroxyl groups excluding tert-OH is 2. The van der Waals surface area contributed by atoms with Crippen LogP contribution in [0.2, 0.25) is 0 Å². The highest BCUT2D eigenvalue weighted by Gasteiger charge is 2.40. The van der Waals surface area contributed by atoms with Gasteiger partial charge in [0.25, 0.3) is 5.91 Å². The molecule has 2 unspecified atom stereocenters. The predicted molar refractivity (Wildman–Crippen MR) is 62.4 cm³/mol. The molecule has 0 spiro atoms. The third-order valence-electron chi connectivity index (χ3n) is 2.38. The largest absolute Gasteiger partial charge is 0.463 e. The zero-order valence-corrected chi connectivity index (χ0v) is 10.4. The van der Waals surface area contributed by atoms with Crippen molar-refractivity contribution in [3.63, 3.8) is 0 Å². The van der Waals surface area contributed by atoms with Crippen LogP contribution in [-0.2, 0) is 14.3 Å². The number of rotatable bonds is 5. The maximum atomic E-state index is 11.5. The summed E-state index contributed by atoms with van der Waals surface area (Å²) in [6, 6.07) is -0.936. The first-order valence-corrected chi connectivity index (χ1v) is 5.82. The Kier molecular flexibility index (Phi) is 5.46. The van der Waals surface area contributed by atoms with E-state index in [9.17, 15) is 19.5 Å². The smallest absolute Gasteiger partial charge is 0.330 e. The normalized spacial score (nSPS) is 22.7. The van der Waals surface area contributed by atoms with E-state index in [0.29, 0.717) is 11.3 Å². The van der Waals surface area contributed by atoms with E-state index < -0.39 is 30.4 Å². The minimum atomic E-state index is -1.68.